The maximum atomic E-state index is 12.2. The van der Waals surface area contributed by atoms with Crippen molar-refractivity contribution in [1.29, 1.82) is 5.26 Å². The van der Waals surface area contributed by atoms with Gasteiger partial charge in [-0.1, -0.05) is 5.21 Å². The number of nitrogens with zero attached hydrogens (tertiary/aromatic N) is 4. The second kappa shape index (κ2) is 6.58. The highest BCUT2D eigenvalue weighted by molar-refractivity contribution is 5.94. The minimum absolute atomic E-state index is 0.139. The lowest BCUT2D eigenvalue weighted by Gasteiger charge is -2.14. The van der Waals surface area contributed by atoms with E-state index in [0.717, 1.165) is 11.4 Å². The van der Waals surface area contributed by atoms with E-state index < -0.39 is 0 Å². The number of carbonyl (C=O) groups excluding carboxylic acids is 1. The van der Waals surface area contributed by atoms with Gasteiger partial charge in [-0.2, -0.15) is 5.26 Å². The lowest BCUT2D eigenvalue weighted by Crippen LogP contribution is -2.32. The fourth-order valence-corrected chi connectivity index (χ4v) is 2.52. The van der Waals surface area contributed by atoms with E-state index >= 15 is 0 Å². The van der Waals surface area contributed by atoms with Gasteiger partial charge in [-0.15, -0.1) is 5.10 Å². The van der Waals surface area contributed by atoms with E-state index in [4.69, 9.17) is 10.00 Å². The first-order valence-electron chi connectivity index (χ1n) is 7.42. The van der Waals surface area contributed by atoms with E-state index in [1.54, 1.807) is 24.3 Å². The average molecular weight is 311 g/mol. The van der Waals surface area contributed by atoms with Crippen molar-refractivity contribution < 1.29 is 9.53 Å². The standard InChI is InChI=1S/C16H17N5O2/c1-11-15-10-23-9-13(8-21(15)20-19-11)7-18-16(22)14-4-2-12(6-17)3-5-14/h2-5,13H,7-10H2,1H3,(H,18,22). The summed E-state index contributed by atoms with van der Waals surface area (Å²) < 4.78 is 7.50. The first-order valence-corrected chi connectivity index (χ1v) is 7.42. The van der Waals surface area contributed by atoms with Gasteiger partial charge in [0.15, 0.2) is 0 Å². The van der Waals surface area contributed by atoms with Crippen LogP contribution in [0.4, 0.5) is 0 Å². The fraction of sp³-hybridized carbons (Fsp3) is 0.375. The summed E-state index contributed by atoms with van der Waals surface area (Å²) in [5.41, 5.74) is 2.95. The second-order valence-electron chi connectivity index (χ2n) is 5.58. The number of hydrogen-bond acceptors (Lipinski definition) is 5. The molecule has 118 valence electrons. The number of ether oxygens (including phenoxy) is 1. The summed E-state index contributed by atoms with van der Waals surface area (Å²) in [5, 5.41) is 19.8. The van der Waals surface area contributed by atoms with Crippen molar-refractivity contribution >= 4 is 5.91 Å². The second-order valence-corrected chi connectivity index (χ2v) is 5.58. The monoisotopic (exact) mass is 311 g/mol. The molecule has 7 heteroatoms. The lowest BCUT2D eigenvalue weighted by atomic mass is 10.1. The Bertz CT molecular complexity index is 745. The number of carbonyl (C=O) groups is 1. The maximum Gasteiger partial charge on any atom is 0.251 e. The van der Waals surface area contributed by atoms with Gasteiger partial charge in [0, 0.05) is 24.6 Å². The molecule has 1 atom stereocenters. The SMILES string of the molecule is Cc1nnn2c1COCC(CNC(=O)c1ccc(C#N)cc1)C2. The Morgan fingerprint density at radius 3 is 3.00 bits per heavy atom. The Kier molecular flexibility index (Phi) is 4.35. The highest BCUT2D eigenvalue weighted by Crippen LogP contribution is 2.14. The van der Waals surface area contributed by atoms with Gasteiger partial charge in [0.2, 0.25) is 0 Å². The van der Waals surface area contributed by atoms with E-state index in [2.05, 4.69) is 15.6 Å². The smallest absolute Gasteiger partial charge is 0.251 e. The van der Waals surface area contributed by atoms with Crippen molar-refractivity contribution in [2.24, 2.45) is 5.92 Å². The van der Waals surface area contributed by atoms with Crippen LogP contribution in [0, 0.1) is 24.2 Å². The number of fused-ring (bicyclic) bond motifs is 1. The van der Waals surface area contributed by atoms with Crippen LogP contribution in [-0.4, -0.2) is 34.1 Å². The molecule has 0 aliphatic carbocycles. The van der Waals surface area contributed by atoms with E-state index in [1.165, 1.54) is 0 Å². The zero-order chi connectivity index (χ0) is 16.2. The highest BCUT2D eigenvalue weighted by Gasteiger charge is 2.20. The van der Waals surface area contributed by atoms with Crippen LogP contribution in [-0.2, 0) is 17.9 Å². The van der Waals surface area contributed by atoms with Crippen molar-refractivity contribution in [2.45, 2.75) is 20.1 Å². The summed E-state index contributed by atoms with van der Waals surface area (Å²) in [6.45, 7) is 4.14. The van der Waals surface area contributed by atoms with Crippen LogP contribution in [0.3, 0.4) is 0 Å². The van der Waals surface area contributed by atoms with Crippen LogP contribution in [0.15, 0.2) is 24.3 Å². The molecule has 2 heterocycles. The number of benzene rings is 1. The molecule has 2 aromatic rings. The molecule has 3 rings (SSSR count). The third-order valence-corrected chi connectivity index (χ3v) is 3.88. The molecular weight excluding hydrogens is 294 g/mol. The molecule has 1 aliphatic heterocycles. The van der Waals surface area contributed by atoms with Crippen LogP contribution in [0.2, 0.25) is 0 Å². The number of aromatic nitrogens is 3. The molecule has 7 nitrogen and oxygen atoms in total. The predicted octanol–water partition coefficient (Wildman–Crippen LogP) is 1.03. The lowest BCUT2D eigenvalue weighted by molar-refractivity contribution is 0.0850. The van der Waals surface area contributed by atoms with Crippen LogP contribution >= 0.6 is 0 Å². The van der Waals surface area contributed by atoms with Crippen molar-refractivity contribution in [3.05, 3.63) is 46.8 Å². The Morgan fingerprint density at radius 1 is 1.48 bits per heavy atom. The molecule has 0 radical (unpaired) electrons. The number of hydrogen-bond donors (Lipinski definition) is 1. The Morgan fingerprint density at radius 2 is 2.26 bits per heavy atom. The molecular formula is C16H17N5O2. The molecule has 0 saturated carbocycles. The molecule has 0 spiro atoms. The van der Waals surface area contributed by atoms with Gasteiger partial charge in [-0.25, -0.2) is 4.68 Å². The largest absolute Gasteiger partial charge is 0.375 e. The van der Waals surface area contributed by atoms with Gasteiger partial charge >= 0.3 is 0 Å². The molecule has 0 saturated heterocycles. The number of amides is 1. The minimum atomic E-state index is -0.159. The molecule has 0 fully saturated rings. The molecule has 1 aromatic heterocycles. The van der Waals surface area contributed by atoms with Gasteiger partial charge in [-0.3, -0.25) is 4.79 Å². The third kappa shape index (κ3) is 3.38. The zero-order valence-corrected chi connectivity index (χ0v) is 12.8. The van der Waals surface area contributed by atoms with Crippen LogP contribution in [0.1, 0.15) is 27.3 Å². The summed E-state index contributed by atoms with van der Waals surface area (Å²) in [7, 11) is 0. The van der Waals surface area contributed by atoms with Crippen molar-refractivity contribution in [3.8, 4) is 6.07 Å². The Labute approximate surface area is 133 Å². The molecule has 23 heavy (non-hydrogen) atoms. The number of rotatable bonds is 3. The predicted molar refractivity (Wildman–Crippen MR) is 81.4 cm³/mol. The van der Waals surface area contributed by atoms with Gasteiger partial charge in [0.05, 0.1) is 36.2 Å². The summed E-state index contributed by atoms with van der Waals surface area (Å²) in [5.74, 6) is -0.0200. The Balaban J connectivity index is 1.59. The fourth-order valence-electron chi connectivity index (χ4n) is 2.52. The number of aryl methyl sites for hydroxylation is 1. The molecule has 1 aromatic carbocycles. The van der Waals surface area contributed by atoms with Gasteiger partial charge in [0.25, 0.3) is 5.91 Å². The molecule has 1 amide bonds. The normalized spacial score (nSPS) is 17.0. The quantitative estimate of drug-likeness (QED) is 0.914. The Hall–Kier alpha value is -2.72. The summed E-state index contributed by atoms with van der Waals surface area (Å²) >= 11 is 0. The van der Waals surface area contributed by atoms with Crippen molar-refractivity contribution in [1.82, 2.24) is 20.3 Å². The minimum Gasteiger partial charge on any atom is -0.375 e. The summed E-state index contributed by atoms with van der Waals surface area (Å²) in [6.07, 6.45) is 0. The van der Waals surface area contributed by atoms with Crippen molar-refractivity contribution in [3.63, 3.8) is 0 Å². The summed E-state index contributed by atoms with van der Waals surface area (Å²) in [4.78, 5) is 12.2. The van der Waals surface area contributed by atoms with Crippen LogP contribution < -0.4 is 5.32 Å². The molecule has 1 N–H and O–H groups in total. The van der Waals surface area contributed by atoms with E-state index in [9.17, 15) is 4.79 Å². The van der Waals surface area contributed by atoms with Gasteiger partial charge in [0.1, 0.15) is 0 Å². The molecule has 1 unspecified atom stereocenters. The zero-order valence-electron chi connectivity index (χ0n) is 12.8. The molecule has 1 aliphatic rings. The first kappa shape index (κ1) is 15.2. The van der Waals surface area contributed by atoms with Crippen LogP contribution in [0.25, 0.3) is 0 Å². The van der Waals surface area contributed by atoms with E-state index in [-0.39, 0.29) is 11.8 Å². The topological polar surface area (TPSA) is 92.8 Å². The number of nitrogens with one attached hydrogen (secondary N) is 1. The van der Waals surface area contributed by atoms with Gasteiger partial charge in [-0.05, 0) is 31.2 Å². The number of nitriles is 1. The van der Waals surface area contributed by atoms with Gasteiger partial charge < -0.3 is 10.1 Å². The average Bonchev–Trinajstić information content (AvgIpc) is 2.81. The maximum absolute atomic E-state index is 12.2. The van der Waals surface area contributed by atoms with E-state index in [0.29, 0.717) is 37.4 Å². The highest BCUT2D eigenvalue weighted by atomic mass is 16.5. The van der Waals surface area contributed by atoms with Crippen LogP contribution in [0.5, 0.6) is 0 Å². The summed E-state index contributed by atoms with van der Waals surface area (Å²) in [6, 6.07) is 8.60. The van der Waals surface area contributed by atoms with E-state index in [1.807, 2.05) is 17.7 Å². The van der Waals surface area contributed by atoms with Crippen molar-refractivity contribution in [2.75, 3.05) is 13.2 Å². The molecule has 0 bridgehead atoms. The third-order valence-electron chi connectivity index (χ3n) is 3.88. The first-order chi connectivity index (χ1) is 11.2.